The molecular formula is C15H17N5O. The van der Waals surface area contributed by atoms with Gasteiger partial charge in [0, 0.05) is 12.1 Å². The lowest BCUT2D eigenvalue weighted by Gasteiger charge is -2.14. The molecule has 0 fully saturated rings. The summed E-state index contributed by atoms with van der Waals surface area (Å²) in [7, 11) is 0. The van der Waals surface area contributed by atoms with Crippen molar-refractivity contribution in [3.63, 3.8) is 0 Å². The van der Waals surface area contributed by atoms with Crippen LogP contribution in [-0.2, 0) is 4.79 Å². The van der Waals surface area contributed by atoms with Crippen molar-refractivity contribution in [1.82, 2.24) is 14.8 Å². The first kappa shape index (κ1) is 14.7. The minimum atomic E-state index is -0.103. The molecule has 6 nitrogen and oxygen atoms in total. The summed E-state index contributed by atoms with van der Waals surface area (Å²) in [6.45, 7) is 3.93. The van der Waals surface area contributed by atoms with E-state index in [1.807, 2.05) is 26.0 Å². The minimum Gasteiger partial charge on any atom is -0.309 e. The van der Waals surface area contributed by atoms with E-state index < -0.39 is 0 Å². The number of nitrogens with one attached hydrogen (secondary N) is 1. The number of nitriles is 1. The number of rotatable bonds is 5. The number of nitrogens with zero attached hydrogens (tertiary/aromatic N) is 4. The predicted molar refractivity (Wildman–Crippen MR) is 78.8 cm³/mol. The van der Waals surface area contributed by atoms with Gasteiger partial charge in [0.1, 0.15) is 11.6 Å². The van der Waals surface area contributed by atoms with Crippen molar-refractivity contribution in [3.05, 3.63) is 36.2 Å². The molecule has 0 bridgehead atoms. The highest BCUT2D eigenvalue weighted by atomic mass is 16.2. The molecule has 0 spiro atoms. The molecule has 0 radical (unpaired) electrons. The lowest BCUT2D eigenvalue weighted by Crippen LogP contribution is -2.23. The van der Waals surface area contributed by atoms with Crippen LogP contribution in [0.2, 0.25) is 0 Å². The number of amides is 1. The quantitative estimate of drug-likeness (QED) is 0.913. The van der Waals surface area contributed by atoms with Gasteiger partial charge in [0.15, 0.2) is 11.6 Å². The maximum absolute atomic E-state index is 12.2. The van der Waals surface area contributed by atoms with Gasteiger partial charge in [0.05, 0.1) is 6.20 Å². The molecule has 2 heterocycles. The molecule has 1 amide bonds. The molecule has 21 heavy (non-hydrogen) atoms. The van der Waals surface area contributed by atoms with Gasteiger partial charge in [-0.05, 0) is 25.0 Å². The van der Waals surface area contributed by atoms with Crippen LogP contribution in [-0.4, -0.2) is 20.7 Å². The number of aromatic nitrogens is 3. The number of anilines is 1. The fourth-order valence-electron chi connectivity index (χ4n) is 2.08. The molecule has 2 aromatic rings. The zero-order chi connectivity index (χ0) is 15.2. The Morgan fingerprint density at radius 2 is 2.19 bits per heavy atom. The largest absolute Gasteiger partial charge is 0.309 e. The monoisotopic (exact) mass is 283 g/mol. The zero-order valence-corrected chi connectivity index (χ0v) is 12.1. The van der Waals surface area contributed by atoms with Gasteiger partial charge in [0.25, 0.3) is 0 Å². The van der Waals surface area contributed by atoms with E-state index in [2.05, 4.69) is 15.4 Å². The van der Waals surface area contributed by atoms with Crippen LogP contribution in [0.1, 0.15) is 32.3 Å². The normalized spacial score (nSPS) is 10.4. The summed E-state index contributed by atoms with van der Waals surface area (Å²) in [5.41, 5.74) is 0.319. The van der Waals surface area contributed by atoms with E-state index in [1.54, 1.807) is 18.3 Å². The van der Waals surface area contributed by atoms with Crippen LogP contribution in [0, 0.1) is 17.2 Å². The van der Waals surface area contributed by atoms with Crippen LogP contribution in [0.15, 0.2) is 30.6 Å². The van der Waals surface area contributed by atoms with E-state index in [9.17, 15) is 4.79 Å². The first-order chi connectivity index (χ1) is 10.2. The van der Waals surface area contributed by atoms with E-state index in [0.717, 1.165) is 12.8 Å². The fraction of sp³-hybridized carbons (Fsp3) is 0.333. The number of hydrogen-bond donors (Lipinski definition) is 1. The molecule has 0 aromatic carbocycles. The maximum atomic E-state index is 12.2. The third-order valence-electron chi connectivity index (χ3n) is 3.35. The number of hydrogen-bond acceptors (Lipinski definition) is 4. The molecule has 0 aliphatic carbocycles. The van der Waals surface area contributed by atoms with Gasteiger partial charge in [-0.3, -0.25) is 4.79 Å². The molecule has 108 valence electrons. The van der Waals surface area contributed by atoms with Crippen LogP contribution in [0.5, 0.6) is 0 Å². The summed E-state index contributed by atoms with van der Waals surface area (Å²) in [4.78, 5) is 16.4. The Hall–Kier alpha value is -2.68. The van der Waals surface area contributed by atoms with Gasteiger partial charge < -0.3 is 5.32 Å². The molecule has 2 rings (SSSR count). The van der Waals surface area contributed by atoms with Crippen molar-refractivity contribution >= 4 is 11.7 Å². The molecule has 0 unspecified atom stereocenters. The minimum absolute atomic E-state index is 0.0800. The van der Waals surface area contributed by atoms with Gasteiger partial charge in [-0.1, -0.05) is 19.9 Å². The highest BCUT2D eigenvalue weighted by Gasteiger charge is 2.19. The van der Waals surface area contributed by atoms with Gasteiger partial charge >= 0.3 is 0 Å². The zero-order valence-electron chi connectivity index (χ0n) is 12.1. The summed E-state index contributed by atoms with van der Waals surface area (Å²) in [6.07, 6.45) is 4.57. The van der Waals surface area contributed by atoms with E-state index in [1.165, 1.54) is 10.9 Å². The third-order valence-corrected chi connectivity index (χ3v) is 3.35. The second-order valence-electron chi connectivity index (χ2n) is 4.62. The van der Waals surface area contributed by atoms with Gasteiger partial charge in [-0.25, -0.2) is 4.98 Å². The van der Waals surface area contributed by atoms with Crippen LogP contribution in [0.3, 0.4) is 0 Å². The Morgan fingerprint density at radius 3 is 2.76 bits per heavy atom. The first-order valence-electron chi connectivity index (χ1n) is 6.91. The SMILES string of the molecule is CCC(CC)C(=O)Nc1c(C#N)cnn1-c1ccccn1. The summed E-state index contributed by atoms with van der Waals surface area (Å²) < 4.78 is 1.47. The molecule has 0 saturated carbocycles. The van der Waals surface area contributed by atoms with Gasteiger partial charge in [0.2, 0.25) is 5.91 Å². The van der Waals surface area contributed by atoms with E-state index >= 15 is 0 Å². The van der Waals surface area contributed by atoms with Crippen LogP contribution >= 0.6 is 0 Å². The van der Waals surface area contributed by atoms with Crippen molar-refractivity contribution in [2.75, 3.05) is 5.32 Å². The lowest BCUT2D eigenvalue weighted by molar-refractivity contribution is -0.120. The molecule has 0 saturated heterocycles. The smallest absolute Gasteiger partial charge is 0.228 e. The standard InChI is InChI=1S/C15H17N5O/c1-3-11(4-2)15(21)19-14-12(9-16)10-18-20(14)13-7-5-6-8-17-13/h5-8,10-11H,3-4H2,1-2H3,(H,19,21). The van der Waals surface area contributed by atoms with E-state index in [4.69, 9.17) is 5.26 Å². The number of carbonyl (C=O) groups excluding carboxylic acids is 1. The van der Waals surface area contributed by atoms with Crippen LogP contribution < -0.4 is 5.32 Å². The summed E-state index contributed by atoms with van der Waals surface area (Å²) in [5.74, 6) is 0.741. The van der Waals surface area contributed by atoms with Crippen molar-refractivity contribution in [3.8, 4) is 11.9 Å². The molecular weight excluding hydrogens is 266 g/mol. The first-order valence-corrected chi connectivity index (χ1v) is 6.91. The summed E-state index contributed by atoms with van der Waals surface area (Å²) in [5, 5.41) is 16.1. The number of carbonyl (C=O) groups is 1. The average molecular weight is 283 g/mol. The molecule has 2 aromatic heterocycles. The number of pyridine rings is 1. The van der Waals surface area contributed by atoms with Crippen molar-refractivity contribution in [1.29, 1.82) is 5.26 Å². The fourth-order valence-corrected chi connectivity index (χ4v) is 2.08. The Balaban J connectivity index is 2.37. The van der Waals surface area contributed by atoms with Gasteiger partial charge in [-0.15, -0.1) is 0 Å². The van der Waals surface area contributed by atoms with Crippen molar-refractivity contribution in [2.24, 2.45) is 5.92 Å². The highest BCUT2D eigenvalue weighted by Crippen LogP contribution is 2.20. The maximum Gasteiger partial charge on any atom is 0.228 e. The topological polar surface area (TPSA) is 83.6 Å². The highest BCUT2D eigenvalue weighted by molar-refractivity contribution is 5.93. The summed E-state index contributed by atoms with van der Waals surface area (Å²) in [6, 6.07) is 7.42. The van der Waals surface area contributed by atoms with Crippen LogP contribution in [0.25, 0.3) is 5.82 Å². The van der Waals surface area contributed by atoms with Crippen LogP contribution in [0.4, 0.5) is 5.82 Å². The Bertz CT molecular complexity index is 652. The second-order valence-corrected chi connectivity index (χ2v) is 4.62. The molecule has 0 atom stereocenters. The lowest BCUT2D eigenvalue weighted by atomic mass is 10.0. The molecule has 0 aliphatic heterocycles. The third kappa shape index (κ3) is 3.08. The Morgan fingerprint density at radius 1 is 1.43 bits per heavy atom. The summed E-state index contributed by atoms with van der Waals surface area (Å²) >= 11 is 0. The Kier molecular flexibility index (Phi) is 4.67. The Labute approximate surface area is 123 Å². The molecule has 0 aliphatic rings. The van der Waals surface area contributed by atoms with E-state index in [0.29, 0.717) is 17.2 Å². The average Bonchev–Trinajstić information content (AvgIpc) is 2.92. The molecule has 1 N–H and O–H groups in total. The van der Waals surface area contributed by atoms with Gasteiger partial charge in [-0.2, -0.15) is 15.0 Å². The predicted octanol–water partition coefficient (Wildman–Crippen LogP) is 2.51. The molecule has 6 heteroatoms. The van der Waals surface area contributed by atoms with Crippen molar-refractivity contribution in [2.45, 2.75) is 26.7 Å². The van der Waals surface area contributed by atoms with Crippen molar-refractivity contribution < 1.29 is 4.79 Å². The second kappa shape index (κ2) is 6.66. The van der Waals surface area contributed by atoms with E-state index in [-0.39, 0.29) is 11.8 Å².